The zero-order chi connectivity index (χ0) is 18.7. The minimum absolute atomic E-state index is 0.377. The summed E-state index contributed by atoms with van der Waals surface area (Å²) in [5, 5.41) is 17.9. The van der Waals surface area contributed by atoms with Crippen LogP contribution in [-0.2, 0) is 6.54 Å². The number of benzene rings is 4. The molecule has 0 amide bonds. The molecule has 1 aliphatic heterocycles. The van der Waals surface area contributed by atoms with Gasteiger partial charge in [-0.2, -0.15) is 0 Å². The van der Waals surface area contributed by atoms with E-state index in [1.807, 2.05) is 0 Å². The summed E-state index contributed by atoms with van der Waals surface area (Å²) in [5.74, 6) is 2.08. The lowest BCUT2D eigenvalue weighted by Crippen LogP contribution is -2.44. The van der Waals surface area contributed by atoms with Gasteiger partial charge in [0.05, 0.1) is 0 Å². The van der Waals surface area contributed by atoms with Gasteiger partial charge in [-0.25, -0.2) is 0 Å². The Hall–Kier alpha value is -2.16. The first-order chi connectivity index (χ1) is 13.8. The van der Waals surface area contributed by atoms with E-state index < -0.39 is 0 Å². The Kier molecular flexibility index (Phi) is 3.85. The maximum Gasteiger partial charge on any atom is 0.0459 e. The summed E-state index contributed by atoms with van der Waals surface area (Å²) >= 11 is 0. The van der Waals surface area contributed by atoms with Gasteiger partial charge in [0, 0.05) is 26.2 Å². The molecule has 2 atom stereocenters. The summed E-state index contributed by atoms with van der Waals surface area (Å²) in [4.78, 5) is 2.68. The van der Waals surface area contributed by atoms with E-state index in [4.69, 9.17) is 0 Å². The molecule has 0 spiro atoms. The number of hydrogen-bond acceptors (Lipinski definition) is 2. The zero-order valence-electron chi connectivity index (χ0n) is 16.3. The highest BCUT2D eigenvalue weighted by Crippen LogP contribution is 2.40. The van der Waals surface area contributed by atoms with Crippen LogP contribution >= 0.6 is 0 Å². The number of aliphatic hydroxyl groups excluding tert-OH is 1. The maximum atomic E-state index is 9.59. The molecule has 1 saturated carbocycles. The molecule has 4 aromatic rings. The molecular weight excluding hydrogens is 342 g/mol. The van der Waals surface area contributed by atoms with E-state index in [9.17, 15) is 5.11 Å². The van der Waals surface area contributed by atoms with Gasteiger partial charge in [0.1, 0.15) is 0 Å². The minimum atomic E-state index is 0.377. The third kappa shape index (κ3) is 2.62. The molecule has 1 N–H and O–H groups in total. The molecule has 28 heavy (non-hydrogen) atoms. The van der Waals surface area contributed by atoms with Crippen molar-refractivity contribution in [1.82, 2.24) is 4.90 Å². The zero-order valence-corrected chi connectivity index (χ0v) is 16.3. The van der Waals surface area contributed by atoms with Crippen LogP contribution in [0.2, 0.25) is 0 Å². The molecule has 142 valence electrons. The normalized spacial score (nSPS) is 25.8. The van der Waals surface area contributed by atoms with E-state index in [1.165, 1.54) is 70.2 Å². The highest BCUT2D eigenvalue weighted by Gasteiger charge is 2.34. The molecule has 2 aliphatic rings. The number of rotatable bonds is 3. The monoisotopic (exact) mass is 369 g/mol. The number of nitrogens with zero attached hydrogens (tertiary/aromatic N) is 1. The van der Waals surface area contributed by atoms with Gasteiger partial charge in [0.25, 0.3) is 0 Å². The van der Waals surface area contributed by atoms with Crippen LogP contribution < -0.4 is 0 Å². The highest BCUT2D eigenvalue weighted by molar-refractivity contribution is 6.23. The first-order valence-electron chi connectivity index (χ1n) is 10.8. The van der Waals surface area contributed by atoms with Crippen LogP contribution in [0, 0.1) is 17.8 Å². The second kappa shape index (κ2) is 6.43. The average molecular weight is 370 g/mol. The van der Waals surface area contributed by atoms with Crippen LogP contribution in [0.15, 0.2) is 54.6 Å². The summed E-state index contributed by atoms with van der Waals surface area (Å²) < 4.78 is 0. The predicted octanol–water partition coefficient (Wildman–Crippen LogP) is 5.42. The molecule has 1 saturated heterocycles. The minimum Gasteiger partial charge on any atom is -0.396 e. The Labute approximate surface area is 166 Å². The molecule has 1 aliphatic carbocycles. The average Bonchev–Trinajstić information content (AvgIpc) is 2.72. The molecule has 2 heteroatoms. The van der Waals surface area contributed by atoms with Crippen molar-refractivity contribution >= 4 is 32.3 Å². The number of aliphatic hydroxyl groups is 1. The molecule has 2 nitrogen and oxygen atoms in total. The van der Waals surface area contributed by atoms with Crippen LogP contribution in [0.1, 0.15) is 24.8 Å². The van der Waals surface area contributed by atoms with Crippen LogP contribution in [0.5, 0.6) is 0 Å². The second-order valence-electron chi connectivity index (χ2n) is 9.26. The Morgan fingerprint density at radius 3 is 2.11 bits per heavy atom. The first-order valence-corrected chi connectivity index (χ1v) is 10.8. The topological polar surface area (TPSA) is 23.5 Å². The quantitative estimate of drug-likeness (QED) is 0.487. The van der Waals surface area contributed by atoms with E-state index in [0.29, 0.717) is 12.5 Å². The van der Waals surface area contributed by atoms with Crippen molar-refractivity contribution in [3.63, 3.8) is 0 Å². The Balaban J connectivity index is 1.39. The van der Waals surface area contributed by atoms with Gasteiger partial charge < -0.3 is 5.11 Å². The predicted molar refractivity (Wildman–Crippen MR) is 117 cm³/mol. The molecule has 1 heterocycles. The van der Waals surface area contributed by atoms with E-state index in [-0.39, 0.29) is 0 Å². The fraction of sp³-hybridized carbons (Fsp3) is 0.385. The summed E-state index contributed by atoms with van der Waals surface area (Å²) in [7, 11) is 0. The van der Waals surface area contributed by atoms with Crippen molar-refractivity contribution in [1.29, 1.82) is 0 Å². The van der Waals surface area contributed by atoms with Crippen molar-refractivity contribution in [3.05, 3.63) is 60.2 Å². The molecule has 6 rings (SSSR count). The number of likely N-dealkylation sites (tertiary alicyclic amines) is 1. The molecule has 0 radical (unpaired) electrons. The lowest BCUT2D eigenvalue weighted by molar-refractivity contribution is 0.0355. The van der Waals surface area contributed by atoms with E-state index in [1.54, 1.807) is 0 Å². The molecule has 2 bridgehead atoms. The van der Waals surface area contributed by atoms with Crippen LogP contribution in [0.25, 0.3) is 32.3 Å². The van der Waals surface area contributed by atoms with Crippen molar-refractivity contribution in [2.75, 3.05) is 19.7 Å². The van der Waals surface area contributed by atoms with Gasteiger partial charge in [-0.15, -0.1) is 0 Å². The Morgan fingerprint density at radius 1 is 0.750 bits per heavy atom. The fourth-order valence-corrected chi connectivity index (χ4v) is 6.26. The standard InChI is InChI=1S/C26H27NO/c28-16-19-11-17-10-18(12-19)14-27(13-17)15-23-7-6-22-5-4-20-2-1-3-21-8-9-24(23)26(22)25(20)21/h1-9,17-19,28H,10-16H2. The molecule has 4 aromatic carbocycles. The van der Waals surface area contributed by atoms with Crippen LogP contribution in [0.3, 0.4) is 0 Å². The van der Waals surface area contributed by atoms with Crippen LogP contribution in [0.4, 0.5) is 0 Å². The SMILES string of the molecule is OCC1CC2CC(C1)CN(Cc1ccc3ccc4cccc5ccc1c3c45)C2. The van der Waals surface area contributed by atoms with E-state index in [0.717, 1.165) is 18.4 Å². The highest BCUT2D eigenvalue weighted by atomic mass is 16.3. The summed E-state index contributed by atoms with van der Waals surface area (Å²) in [6, 6.07) is 20.5. The van der Waals surface area contributed by atoms with E-state index >= 15 is 0 Å². The van der Waals surface area contributed by atoms with Gasteiger partial charge >= 0.3 is 0 Å². The van der Waals surface area contributed by atoms with Gasteiger partial charge in [-0.3, -0.25) is 4.90 Å². The summed E-state index contributed by atoms with van der Waals surface area (Å²) in [6.45, 7) is 3.80. The Bertz CT molecular complexity index is 1120. The number of piperidine rings is 1. The smallest absolute Gasteiger partial charge is 0.0459 e. The van der Waals surface area contributed by atoms with Gasteiger partial charge in [0.2, 0.25) is 0 Å². The number of fused-ring (bicyclic) bond motifs is 2. The van der Waals surface area contributed by atoms with Crippen molar-refractivity contribution < 1.29 is 5.11 Å². The van der Waals surface area contributed by atoms with Gasteiger partial charge in [0.15, 0.2) is 0 Å². The van der Waals surface area contributed by atoms with Gasteiger partial charge in [-0.1, -0.05) is 54.6 Å². The third-order valence-corrected chi connectivity index (χ3v) is 7.30. The molecule has 2 fully saturated rings. The van der Waals surface area contributed by atoms with Crippen LogP contribution in [-0.4, -0.2) is 29.7 Å². The van der Waals surface area contributed by atoms with E-state index in [2.05, 4.69) is 59.5 Å². The van der Waals surface area contributed by atoms with Gasteiger partial charge in [-0.05, 0) is 74.9 Å². The molecule has 0 aromatic heterocycles. The lowest BCUT2D eigenvalue weighted by Gasteiger charge is -2.44. The number of hydrogen-bond donors (Lipinski definition) is 1. The molecule has 2 unspecified atom stereocenters. The van der Waals surface area contributed by atoms with Crippen molar-refractivity contribution in [2.45, 2.75) is 25.8 Å². The van der Waals surface area contributed by atoms with Crippen molar-refractivity contribution in [2.24, 2.45) is 17.8 Å². The third-order valence-electron chi connectivity index (χ3n) is 7.30. The molecular formula is C26H27NO. The first kappa shape index (κ1) is 16.8. The largest absolute Gasteiger partial charge is 0.396 e. The summed E-state index contributed by atoms with van der Waals surface area (Å²) in [5.41, 5.74) is 1.46. The Morgan fingerprint density at radius 2 is 1.39 bits per heavy atom. The summed E-state index contributed by atoms with van der Waals surface area (Å²) in [6.07, 6.45) is 3.79. The lowest BCUT2D eigenvalue weighted by atomic mass is 9.72. The van der Waals surface area contributed by atoms with Crippen molar-refractivity contribution in [3.8, 4) is 0 Å². The maximum absolute atomic E-state index is 9.59. The second-order valence-corrected chi connectivity index (χ2v) is 9.26. The fourth-order valence-electron chi connectivity index (χ4n) is 6.26.